The lowest BCUT2D eigenvalue weighted by Gasteiger charge is -2.12. The molecule has 11 aromatic heterocycles. The predicted molar refractivity (Wildman–Crippen MR) is 319 cm³/mol. The highest BCUT2D eigenvalue weighted by Gasteiger charge is 2.22. The van der Waals surface area contributed by atoms with Crippen LogP contribution in [-0.4, -0.2) is 56.3 Å². The largest absolute Gasteiger partial charge is 0.330 e. The van der Waals surface area contributed by atoms with Gasteiger partial charge in [-0.3, -0.25) is 19.4 Å². The summed E-state index contributed by atoms with van der Waals surface area (Å²) in [7, 11) is 0. The van der Waals surface area contributed by atoms with Crippen molar-refractivity contribution in [3.8, 4) is 31.7 Å². The molecule has 0 aliphatic heterocycles. The van der Waals surface area contributed by atoms with Gasteiger partial charge in [0, 0.05) is 71.0 Å². The third-order valence-electron chi connectivity index (χ3n) is 12.7. The minimum absolute atomic E-state index is 0.162. The Kier molecular flexibility index (Phi) is 16.0. The van der Waals surface area contributed by atoms with E-state index < -0.39 is 0 Å². The zero-order valence-electron chi connectivity index (χ0n) is 44.0. The number of pyridine rings is 5. The summed E-state index contributed by atoms with van der Waals surface area (Å²) in [6, 6.07) is 38.9. The highest BCUT2D eigenvalue weighted by atomic mass is 32.1. The van der Waals surface area contributed by atoms with Gasteiger partial charge in [-0.15, -0.1) is 34.0 Å². The molecule has 0 aliphatic rings. The van der Waals surface area contributed by atoms with Gasteiger partial charge in [0.15, 0.2) is 0 Å². The van der Waals surface area contributed by atoms with E-state index in [1.54, 1.807) is 76.9 Å². The van der Waals surface area contributed by atoms with Gasteiger partial charge < -0.3 is 29.7 Å². The molecule has 14 nitrogen and oxygen atoms in total. The van der Waals surface area contributed by atoms with Gasteiger partial charge >= 0.3 is 0 Å². The van der Waals surface area contributed by atoms with Gasteiger partial charge in [0.05, 0.1) is 60.3 Å². The molecule has 3 N–H and O–H groups in total. The Labute approximate surface area is 467 Å². The van der Waals surface area contributed by atoms with Crippen LogP contribution in [0.3, 0.4) is 0 Å². The summed E-state index contributed by atoms with van der Waals surface area (Å²) in [5.74, 6) is -0.398. The maximum atomic E-state index is 13.1. The van der Waals surface area contributed by atoms with Crippen molar-refractivity contribution < 1.29 is 18.8 Å². The van der Waals surface area contributed by atoms with Crippen molar-refractivity contribution in [2.45, 2.75) is 59.7 Å². The standard InChI is InChI=1S/C21H18FN3OS.2C20H18N4OS/c1-13(2)25-10-9-16-17(21(26)23-15-7-5-14(22)6-8-15)12-18(24-20(16)25)19-4-3-11-27-19;1-13(2)24-9-7-15-16(20(25)22-14-5-3-8-21-12-14)11-17(23-19(15)24)18-6-4-10-26-18;1-13(2)24-10-8-14-15(20(25)23-18-7-3-4-9-21-18)12-16(22-19(14)24)17-6-5-11-26-17/h3-13H,1-2H3,(H,23,26);3-13H,1-2H3,(H,22,25);3-13H,1-2H3,(H,21,23,25). The van der Waals surface area contributed by atoms with E-state index in [1.165, 1.54) is 12.1 Å². The average Bonchev–Trinajstić information content (AvgIpc) is 4.51. The molecule has 396 valence electrons. The van der Waals surface area contributed by atoms with Crippen molar-refractivity contribution in [2.24, 2.45) is 0 Å². The molecule has 1 aromatic carbocycles. The van der Waals surface area contributed by atoms with Crippen LogP contribution < -0.4 is 16.0 Å². The van der Waals surface area contributed by atoms with Crippen molar-refractivity contribution >= 4 is 102 Å². The number of carbonyl (C=O) groups excluding carboxylic acids is 3. The molecule has 0 fully saturated rings. The van der Waals surface area contributed by atoms with Crippen LogP contribution in [0.2, 0.25) is 0 Å². The summed E-state index contributed by atoms with van der Waals surface area (Å²) in [6.45, 7) is 12.6. The third-order valence-corrected chi connectivity index (χ3v) is 15.4. The summed E-state index contributed by atoms with van der Waals surface area (Å²) in [4.78, 5) is 64.6. The quantitative estimate of drug-likeness (QED) is 0.109. The average molecular weight is 1100 g/mol. The van der Waals surface area contributed by atoms with Crippen molar-refractivity contribution in [1.82, 2.24) is 38.6 Å². The Bertz CT molecular complexity index is 3870. The minimum atomic E-state index is -0.340. The normalized spacial score (nSPS) is 11.2. The fourth-order valence-electron chi connectivity index (χ4n) is 8.84. The van der Waals surface area contributed by atoms with E-state index >= 15 is 0 Å². The van der Waals surface area contributed by atoms with Gasteiger partial charge in [-0.2, -0.15) is 0 Å². The lowest BCUT2D eigenvalue weighted by Crippen LogP contribution is -2.14. The molecule has 0 saturated heterocycles. The summed E-state index contributed by atoms with van der Waals surface area (Å²) >= 11 is 4.80. The summed E-state index contributed by atoms with van der Waals surface area (Å²) < 4.78 is 19.4. The van der Waals surface area contributed by atoms with Crippen LogP contribution in [0.5, 0.6) is 0 Å². The zero-order chi connectivity index (χ0) is 55.2. The van der Waals surface area contributed by atoms with Crippen LogP contribution >= 0.6 is 34.0 Å². The minimum Gasteiger partial charge on any atom is -0.330 e. The Morgan fingerprint density at radius 3 is 1.27 bits per heavy atom. The highest BCUT2D eigenvalue weighted by Crippen LogP contribution is 2.34. The molecule has 0 unspecified atom stereocenters. The SMILES string of the molecule is CC(C)n1ccc2c(C(=O)Nc3ccc(F)cc3)cc(-c3cccs3)nc21.CC(C)n1ccc2c(C(=O)Nc3ccccn3)cc(-c3cccs3)nc21.CC(C)n1ccc2c(C(=O)Nc3cccnc3)cc(-c3cccs3)nc21. The smallest absolute Gasteiger partial charge is 0.257 e. The molecule has 0 spiro atoms. The van der Waals surface area contributed by atoms with Gasteiger partial charge in [0.1, 0.15) is 28.6 Å². The summed E-state index contributed by atoms with van der Waals surface area (Å²) in [5, 5.41) is 17.1. The van der Waals surface area contributed by atoms with Crippen molar-refractivity contribution in [1.29, 1.82) is 0 Å². The van der Waals surface area contributed by atoms with Crippen LogP contribution in [0.1, 0.15) is 90.7 Å². The fraction of sp³-hybridized carbons (Fsp3) is 0.148. The van der Waals surface area contributed by atoms with E-state index in [0.717, 1.165) is 64.8 Å². The molecule has 0 bridgehead atoms. The number of fused-ring (bicyclic) bond motifs is 3. The molecule has 0 radical (unpaired) electrons. The molecule has 11 heterocycles. The van der Waals surface area contributed by atoms with Gasteiger partial charge in [-0.05, 0) is 161 Å². The number of carbonyl (C=O) groups is 3. The number of thiophene rings is 3. The first-order chi connectivity index (χ1) is 38.3. The molecular weight excluding hydrogens is 1050 g/mol. The second kappa shape index (κ2) is 23.7. The van der Waals surface area contributed by atoms with Gasteiger partial charge in [0.2, 0.25) is 0 Å². The Hall–Kier alpha value is -8.97. The number of hydrogen-bond acceptors (Lipinski definition) is 11. The Morgan fingerprint density at radius 2 is 0.899 bits per heavy atom. The number of nitrogens with one attached hydrogen (secondary N) is 3. The summed E-state index contributed by atoms with van der Waals surface area (Å²) in [6.07, 6.45) is 10.9. The Balaban J connectivity index is 0.000000134. The highest BCUT2D eigenvalue weighted by molar-refractivity contribution is 7.14. The summed E-state index contributed by atoms with van der Waals surface area (Å²) in [5.41, 5.74) is 7.78. The van der Waals surface area contributed by atoms with Crippen LogP contribution in [0, 0.1) is 5.82 Å². The lowest BCUT2D eigenvalue weighted by atomic mass is 10.1. The molecule has 3 amide bonds. The van der Waals surface area contributed by atoms with E-state index in [9.17, 15) is 18.8 Å². The van der Waals surface area contributed by atoms with Crippen molar-refractivity contribution in [3.05, 3.63) is 203 Å². The lowest BCUT2D eigenvalue weighted by molar-refractivity contribution is 0.102. The van der Waals surface area contributed by atoms with Crippen molar-refractivity contribution in [2.75, 3.05) is 16.0 Å². The maximum absolute atomic E-state index is 13.1. The van der Waals surface area contributed by atoms with E-state index in [4.69, 9.17) is 15.0 Å². The van der Waals surface area contributed by atoms with Crippen LogP contribution in [0.15, 0.2) is 181 Å². The number of rotatable bonds is 12. The van der Waals surface area contributed by atoms with Gasteiger partial charge in [0.25, 0.3) is 17.7 Å². The van der Waals surface area contributed by atoms with E-state index in [1.807, 2.05) is 126 Å². The first-order valence-electron chi connectivity index (χ1n) is 25.5. The molecule has 12 aromatic rings. The van der Waals surface area contributed by atoms with E-state index in [-0.39, 0.29) is 41.7 Å². The third kappa shape index (κ3) is 12.0. The van der Waals surface area contributed by atoms with Crippen LogP contribution in [0.25, 0.3) is 64.8 Å². The Morgan fingerprint density at radius 1 is 0.468 bits per heavy atom. The van der Waals surface area contributed by atoms with Crippen molar-refractivity contribution in [3.63, 3.8) is 0 Å². The van der Waals surface area contributed by atoms with Gasteiger partial charge in [-0.25, -0.2) is 24.3 Å². The number of aromatic nitrogens is 8. The molecule has 18 heteroatoms. The molecule has 79 heavy (non-hydrogen) atoms. The first-order valence-corrected chi connectivity index (χ1v) is 28.1. The fourth-order valence-corrected chi connectivity index (χ4v) is 10.9. The number of amides is 3. The topological polar surface area (TPSA) is 167 Å². The molecule has 0 saturated carbocycles. The van der Waals surface area contributed by atoms with Crippen LogP contribution in [-0.2, 0) is 0 Å². The van der Waals surface area contributed by atoms with E-state index in [2.05, 4.69) is 81.2 Å². The second-order valence-electron chi connectivity index (χ2n) is 19.1. The number of nitrogens with zero attached hydrogens (tertiary/aromatic N) is 8. The maximum Gasteiger partial charge on any atom is 0.257 e. The number of benzene rings is 1. The molecule has 0 atom stereocenters. The molecule has 12 rings (SSSR count). The predicted octanol–water partition coefficient (Wildman–Crippen LogP) is 15.7. The second-order valence-corrected chi connectivity index (χ2v) is 21.9. The monoisotopic (exact) mass is 1100 g/mol. The first kappa shape index (κ1) is 53.4. The van der Waals surface area contributed by atoms with E-state index in [0.29, 0.717) is 33.9 Å². The number of hydrogen-bond donors (Lipinski definition) is 3. The molecular formula is C61H54FN11O3S3. The number of halogens is 1. The zero-order valence-corrected chi connectivity index (χ0v) is 46.4. The number of anilines is 3. The van der Waals surface area contributed by atoms with Gasteiger partial charge in [-0.1, -0.05) is 24.3 Å². The molecule has 0 aliphatic carbocycles. The van der Waals surface area contributed by atoms with Crippen LogP contribution in [0.4, 0.5) is 21.6 Å².